The molecule has 0 atom stereocenters. The van der Waals surface area contributed by atoms with E-state index in [0.29, 0.717) is 0 Å². The maximum Gasteiger partial charge on any atom is 0.417 e. The lowest BCUT2D eigenvalue weighted by Gasteiger charge is -2.14. The normalized spacial score (nSPS) is 12.2. The average molecular weight is 397 g/mol. The van der Waals surface area contributed by atoms with Crippen molar-refractivity contribution in [2.75, 3.05) is 6.26 Å². The first-order valence-corrected chi connectivity index (χ1v) is 8.73. The van der Waals surface area contributed by atoms with Gasteiger partial charge in [0.25, 0.3) is 0 Å². The first kappa shape index (κ1) is 19.2. The van der Waals surface area contributed by atoms with Gasteiger partial charge in [0.05, 0.1) is 15.5 Å². The van der Waals surface area contributed by atoms with Crippen molar-refractivity contribution in [2.24, 2.45) is 0 Å². The number of carbonyl (C=O) groups excluding carboxylic acids is 1. The van der Waals surface area contributed by atoms with E-state index in [9.17, 15) is 30.8 Å². The number of phenolic OH excluding ortho intramolecular Hbond substituents is 1. The predicted molar refractivity (Wildman–Crippen MR) is 81.1 cm³/mol. The maximum atomic E-state index is 13.5. The van der Waals surface area contributed by atoms with E-state index in [2.05, 4.69) is 0 Å². The first-order valence-electron chi connectivity index (χ1n) is 6.46. The Hall–Kier alpha value is -2.13. The smallest absolute Gasteiger partial charge is 0.417 e. The molecule has 2 rings (SSSR count). The van der Waals surface area contributed by atoms with Crippen LogP contribution in [-0.4, -0.2) is 25.6 Å². The Labute approximate surface area is 144 Å². The monoisotopic (exact) mass is 396 g/mol. The second-order valence-electron chi connectivity index (χ2n) is 5.09. The fraction of sp³-hybridized carbons (Fsp3) is 0.133. The molecule has 2 aromatic rings. The van der Waals surface area contributed by atoms with Gasteiger partial charge < -0.3 is 5.11 Å². The van der Waals surface area contributed by atoms with Crippen LogP contribution in [-0.2, 0) is 16.0 Å². The standard InChI is InChI=1S/C15H9ClF4O4S/c1-25(23,24)7-2-3-8(11(16)4-7)14(22)9-5-12(17)13(21)6-10(9)15(18,19)20/h2-6,21H,1H3. The van der Waals surface area contributed by atoms with Gasteiger partial charge in [-0.05, 0) is 30.3 Å². The Kier molecular flexibility index (Phi) is 4.84. The topological polar surface area (TPSA) is 71.4 Å². The molecule has 0 radical (unpaired) electrons. The average Bonchev–Trinajstić information content (AvgIpc) is 2.46. The second kappa shape index (κ2) is 6.30. The van der Waals surface area contributed by atoms with Crippen molar-refractivity contribution in [3.8, 4) is 5.75 Å². The van der Waals surface area contributed by atoms with Crippen LogP contribution >= 0.6 is 11.6 Å². The highest BCUT2D eigenvalue weighted by molar-refractivity contribution is 7.90. The van der Waals surface area contributed by atoms with Crippen molar-refractivity contribution in [3.63, 3.8) is 0 Å². The number of carbonyl (C=O) groups is 1. The molecule has 0 fully saturated rings. The number of ketones is 1. The summed E-state index contributed by atoms with van der Waals surface area (Å²) >= 11 is 5.81. The molecule has 0 amide bonds. The summed E-state index contributed by atoms with van der Waals surface area (Å²) < 4.78 is 75.5. The molecule has 0 aromatic heterocycles. The number of aromatic hydroxyl groups is 1. The van der Waals surface area contributed by atoms with Crippen LogP contribution in [0.5, 0.6) is 5.75 Å². The quantitative estimate of drug-likeness (QED) is 0.632. The second-order valence-corrected chi connectivity index (χ2v) is 7.51. The highest BCUT2D eigenvalue weighted by Gasteiger charge is 2.37. The van der Waals surface area contributed by atoms with E-state index < -0.39 is 55.1 Å². The van der Waals surface area contributed by atoms with Crippen molar-refractivity contribution < 1.29 is 35.9 Å². The molecule has 0 bridgehead atoms. The zero-order chi connectivity index (χ0) is 19.2. The molecule has 0 spiro atoms. The van der Waals surface area contributed by atoms with Gasteiger partial charge in [0.15, 0.2) is 27.2 Å². The fourth-order valence-corrected chi connectivity index (χ4v) is 3.02. The highest BCUT2D eigenvalue weighted by Crippen LogP contribution is 2.37. The lowest BCUT2D eigenvalue weighted by Crippen LogP contribution is -2.15. The molecule has 4 nitrogen and oxygen atoms in total. The first-order chi connectivity index (χ1) is 11.3. The Morgan fingerprint density at radius 2 is 1.72 bits per heavy atom. The minimum absolute atomic E-state index is 0.0986. The van der Waals surface area contributed by atoms with Crippen LogP contribution in [0.25, 0.3) is 0 Å². The zero-order valence-electron chi connectivity index (χ0n) is 12.4. The summed E-state index contributed by atoms with van der Waals surface area (Å²) in [4.78, 5) is 12.1. The number of sulfone groups is 1. The number of benzene rings is 2. The van der Waals surface area contributed by atoms with Crippen molar-refractivity contribution in [1.29, 1.82) is 0 Å². The Morgan fingerprint density at radius 3 is 2.20 bits per heavy atom. The number of phenols is 1. The van der Waals surface area contributed by atoms with E-state index in [1.165, 1.54) is 0 Å². The molecule has 10 heteroatoms. The van der Waals surface area contributed by atoms with Gasteiger partial charge in [-0.2, -0.15) is 13.2 Å². The fourth-order valence-electron chi connectivity index (χ4n) is 2.04. The largest absolute Gasteiger partial charge is 0.505 e. The molecule has 0 heterocycles. The van der Waals surface area contributed by atoms with E-state index in [1.54, 1.807) is 0 Å². The lowest BCUT2D eigenvalue weighted by molar-refractivity contribution is -0.138. The van der Waals surface area contributed by atoms with Gasteiger partial charge in [-0.15, -0.1) is 0 Å². The number of hydrogen-bond donors (Lipinski definition) is 1. The van der Waals surface area contributed by atoms with Gasteiger partial charge in [0, 0.05) is 17.4 Å². The van der Waals surface area contributed by atoms with Crippen LogP contribution in [0.4, 0.5) is 17.6 Å². The molecule has 0 aliphatic rings. The summed E-state index contributed by atoms with van der Waals surface area (Å²) in [6.45, 7) is 0. The number of hydrogen-bond acceptors (Lipinski definition) is 4. The van der Waals surface area contributed by atoms with Gasteiger partial charge >= 0.3 is 6.18 Å². The minimum atomic E-state index is -5.03. The SMILES string of the molecule is CS(=O)(=O)c1ccc(C(=O)c2cc(F)c(O)cc2C(F)(F)F)c(Cl)c1. The van der Waals surface area contributed by atoms with Crippen molar-refractivity contribution in [1.82, 2.24) is 0 Å². The third-order valence-corrected chi connectivity index (χ3v) is 4.67. The third kappa shape index (κ3) is 3.93. The molecule has 0 aliphatic carbocycles. The summed E-state index contributed by atoms with van der Waals surface area (Å²) in [5, 5.41) is 8.73. The van der Waals surface area contributed by atoms with Crippen LogP contribution in [0.15, 0.2) is 35.2 Å². The van der Waals surface area contributed by atoms with Crippen molar-refractivity contribution in [2.45, 2.75) is 11.1 Å². The summed E-state index contributed by atoms with van der Waals surface area (Å²) in [6.07, 6.45) is -4.15. The minimum Gasteiger partial charge on any atom is -0.505 e. The third-order valence-electron chi connectivity index (χ3n) is 3.25. The highest BCUT2D eigenvalue weighted by atomic mass is 35.5. The van der Waals surface area contributed by atoms with E-state index in [4.69, 9.17) is 16.7 Å². The Bertz CT molecular complexity index is 968. The van der Waals surface area contributed by atoms with Gasteiger partial charge in [-0.1, -0.05) is 11.6 Å². The van der Waals surface area contributed by atoms with Crippen molar-refractivity contribution in [3.05, 3.63) is 57.9 Å². The predicted octanol–water partition coefficient (Wildman–Crippen LogP) is 3.84. The number of halogens is 5. The van der Waals surface area contributed by atoms with Crippen LogP contribution in [0.1, 0.15) is 21.5 Å². The van der Waals surface area contributed by atoms with Crippen LogP contribution in [0.3, 0.4) is 0 Å². The molecule has 1 N–H and O–H groups in total. The number of alkyl halides is 3. The Morgan fingerprint density at radius 1 is 1.12 bits per heavy atom. The van der Waals surface area contributed by atoms with Crippen molar-refractivity contribution >= 4 is 27.2 Å². The molecule has 0 unspecified atom stereocenters. The number of rotatable bonds is 3. The van der Waals surface area contributed by atoms with Crippen LogP contribution in [0, 0.1) is 5.82 Å². The van der Waals surface area contributed by atoms with E-state index in [-0.39, 0.29) is 17.0 Å². The van der Waals surface area contributed by atoms with E-state index >= 15 is 0 Å². The summed E-state index contributed by atoms with van der Waals surface area (Å²) in [6, 6.07) is 3.20. The van der Waals surface area contributed by atoms with E-state index in [1.807, 2.05) is 0 Å². The van der Waals surface area contributed by atoms with Gasteiger partial charge in [-0.25, -0.2) is 12.8 Å². The van der Waals surface area contributed by atoms with E-state index in [0.717, 1.165) is 24.5 Å². The molecule has 134 valence electrons. The zero-order valence-corrected chi connectivity index (χ0v) is 13.9. The van der Waals surface area contributed by atoms with Crippen LogP contribution in [0.2, 0.25) is 5.02 Å². The van der Waals surface area contributed by atoms with Crippen LogP contribution < -0.4 is 0 Å². The van der Waals surface area contributed by atoms with Gasteiger partial charge in [-0.3, -0.25) is 4.79 Å². The lowest BCUT2D eigenvalue weighted by atomic mass is 9.97. The molecule has 0 saturated carbocycles. The van der Waals surface area contributed by atoms with Gasteiger partial charge in [0.2, 0.25) is 0 Å². The summed E-state index contributed by atoms with van der Waals surface area (Å²) in [5.74, 6) is -3.95. The summed E-state index contributed by atoms with van der Waals surface area (Å²) in [5.41, 5.74) is -3.04. The van der Waals surface area contributed by atoms with Gasteiger partial charge in [0.1, 0.15) is 0 Å². The molecule has 25 heavy (non-hydrogen) atoms. The maximum absolute atomic E-state index is 13.5. The molecular weight excluding hydrogens is 388 g/mol. The molecule has 2 aromatic carbocycles. The Balaban J connectivity index is 2.65. The molecular formula is C15H9ClF4O4S. The molecule has 0 saturated heterocycles. The molecule has 0 aliphatic heterocycles. The summed E-state index contributed by atoms with van der Waals surface area (Å²) in [7, 11) is -3.64.